The quantitative estimate of drug-likeness (QED) is 0.631. The number of carbonyl (C=O) groups is 3. The largest absolute Gasteiger partial charge is 0.466 e. The molecule has 6 nitrogen and oxygen atoms in total. The molecule has 0 bridgehead atoms. The van der Waals surface area contributed by atoms with Crippen molar-refractivity contribution in [2.45, 2.75) is 38.7 Å². The van der Waals surface area contributed by atoms with Gasteiger partial charge in [0.1, 0.15) is 5.60 Å². The summed E-state index contributed by atoms with van der Waals surface area (Å²) in [4.78, 5) is 39.6. The van der Waals surface area contributed by atoms with E-state index in [1.807, 2.05) is 48.5 Å². The van der Waals surface area contributed by atoms with E-state index in [4.69, 9.17) is 9.47 Å². The van der Waals surface area contributed by atoms with E-state index >= 15 is 0 Å². The molecule has 6 heteroatoms. The molecule has 1 heterocycles. The molecule has 1 saturated heterocycles. The van der Waals surface area contributed by atoms with Gasteiger partial charge in [-0.15, -0.1) is 0 Å². The summed E-state index contributed by atoms with van der Waals surface area (Å²) in [5.74, 6) is -1.10. The lowest BCUT2D eigenvalue weighted by atomic mass is 9.91. The number of benzene rings is 2. The van der Waals surface area contributed by atoms with E-state index in [1.165, 1.54) is 0 Å². The lowest BCUT2D eigenvalue weighted by Gasteiger charge is -2.34. The van der Waals surface area contributed by atoms with Gasteiger partial charge in [-0.3, -0.25) is 14.4 Å². The number of ether oxygens (including phenoxy) is 2. The second kappa shape index (κ2) is 10.2. The first kappa shape index (κ1) is 22.5. The van der Waals surface area contributed by atoms with Gasteiger partial charge in [0, 0.05) is 18.7 Å². The van der Waals surface area contributed by atoms with Gasteiger partial charge in [0.05, 0.1) is 18.9 Å². The van der Waals surface area contributed by atoms with Gasteiger partial charge in [-0.25, -0.2) is 0 Å². The zero-order chi connectivity index (χ0) is 22.3. The van der Waals surface area contributed by atoms with Crippen LogP contribution in [0.4, 0.5) is 0 Å². The first-order chi connectivity index (χ1) is 14.9. The standard InChI is InChI=1S/C25H29NO5/c1-3-30-22(27)18-25(2,21-12-8-5-9-13-21)31-24(29)20-14-16-26(17-15-20)23(28)19-10-6-4-7-11-19/h4-13,20H,3,14-18H2,1-2H3/t25-/m1/s1. The Morgan fingerprint density at radius 3 is 2.13 bits per heavy atom. The van der Waals surface area contributed by atoms with Crippen molar-refractivity contribution in [2.75, 3.05) is 19.7 Å². The van der Waals surface area contributed by atoms with Crippen LogP contribution >= 0.6 is 0 Å². The van der Waals surface area contributed by atoms with Crippen LogP contribution in [0.1, 0.15) is 49.0 Å². The van der Waals surface area contributed by atoms with Crippen LogP contribution in [-0.2, 0) is 24.7 Å². The molecule has 0 spiro atoms. The summed E-state index contributed by atoms with van der Waals surface area (Å²) in [5, 5.41) is 0. The highest BCUT2D eigenvalue weighted by molar-refractivity contribution is 5.94. The van der Waals surface area contributed by atoms with E-state index in [0.717, 1.165) is 5.56 Å². The molecule has 0 unspecified atom stereocenters. The molecular weight excluding hydrogens is 394 g/mol. The maximum Gasteiger partial charge on any atom is 0.310 e. The summed E-state index contributed by atoms with van der Waals surface area (Å²) >= 11 is 0. The molecule has 0 saturated carbocycles. The molecule has 0 aromatic heterocycles. The number of esters is 2. The Labute approximate surface area is 183 Å². The summed E-state index contributed by atoms with van der Waals surface area (Å²) in [6.45, 7) is 4.74. The van der Waals surface area contributed by atoms with Crippen LogP contribution in [0, 0.1) is 5.92 Å². The predicted octanol–water partition coefficient (Wildman–Crippen LogP) is 3.95. The van der Waals surface area contributed by atoms with Gasteiger partial charge in [0.25, 0.3) is 5.91 Å². The molecular formula is C25H29NO5. The van der Waals surface area contributed by atoms with Gasteiger partial charge in [-0.05, 0) is 44.4 Å². The maximum absolute atomic E-state index is 13.0. The van der Waals surface area contributed by atoms with Crippen LogP contribution in [0.2, 0.25) is 0 Å². The Balaban J connectivity index is 1.64. The minimum atomic E-state index is -1.11. The molecule has 31 heavy (non-hydrogen) atoms. The van der Waals surface area contributed by atoms with E-state index in [0.29, 0.717) is 31.5 Å². The molecule has 0 radical (unpaired) electrons. The third-order valence-electron chi connectivity index (χ3n) is 5.63. The zero-order valence-electron chi connectivity index (χ0n) is 18.1. The fourth-order valence-corrected chi connectivity index (χ4v) is 3.86. The lowest BCUT2D eigenvalue weighted by molar-refractivity contribution is -0.171. The van der Waals surface area contributed by atoms with E-state index < -0.39 is 11.6 Å². The third kappa shape index (κ3) is 5.72. The van der Waals surface area contributed by atoms with Gasteiger partial charge >= 0.3 is 11.9 Å². The van der Waals surface area contributed by atoms with E-state index in [-0.39, 0.29) is 30.8 Å². The molecule has 1 atom stereocenters. The van der Waals surface area contributed by atoms with Gasteiger partial charge in [0.15, 0.2) is 0 Å². The average Bonchev–Trinajstić information content (AvgIpc) is 2.80. The minimum absolute atomic E-state index is 0.0242. The number of piperidine rings is 1. The number of nitrogens with zero attached hydrogens (tertiary/aromatic N) is 1. The SMILES string of the molecule is CCOC(=O)C[C@@](C)(OC(=O)C1CCN(C(=O)c2ccccc2)CC1)c1ccccc1. The number of amides is 1. The van der Waals surface area contributed by atoms with Crippen molar-refractivity contribution >= 4 is 17.8 Å². The van der Waals surface area contributed by atoms with Crippen LogP contribution in [0.25, 0.3) is 0 Å². The highest BCUT2D eigenvalue weighted by Gasteiger charge is 2.38. The van der Waals surface area contributed by atoms with E-state index in [2.05, 4.69) is 0 Å². The molecule has 1 fully saturated rings. The summed E-state index contributed by atoms with van der Waals surface area (Å²) in [6.07, 6.45) is 1.01. The molecule has 0 N–H and O–H groups in total. The van der Waals surface area contributed by atoms with Gasteiger partial charge in [-0.1, -0.05) is 48.5 Å². The van der Waals surface area contributed by atoms with Gasteiger partial charge in [-0.2, -0.15) is 0 Å². The summed E-state index contributed by atoms with van der Waals surface area (Å²) < 4.78 is 11.0. The molecule has 3 rings (SSSR count). The molecule has 0 aliphatic carbocycles. The smallest absolute Gasteiger partial charge is 0.310 e. The van der Waals surface area contributed by atoms with Crippen LogP contribution in [-0.4, -0.2) is 42.4 Å². The van der Waals surface area contributed by atoms with Crippen molar-refractivity contribution in [1.82, 2.24) is 4.90 Å². The van der Waals surface area contributed by atoms with Crippen molar-refractivity contribution in [3.63, 3.8) is 0 Å². The fourth-order valence-electron chi connectivity index (χ4n) is 3.86. The van der Waals surface area contributed by atoms with Crippen molar-refractivity contribution in [2.24, 2.45) is 5.92 Å². The number of hydrogen-bond acceptors (Lipinski definition) is 5. The predicted molar refractivity (Wildman–Crippen MR) is 116 cm³/mol. The molecule has 2 aromatic rings. The summed E-state index contributed by atoms with van der Waals surface area (Å²) in [7, 11) is 0. The summed E-state index contributed by atoms with van der Waals surface area (Å²) in [6, 6.07) is 18.4. The van der Waals surface area contributed by atoms with Crippen LogP contribution in [0.5, 0.6) is 0 Å². The van der Waals surface area contributed by atoms with Crippen molar-refractivity contribution in [3.05, 3.63) is 71.8 Å². The first-order valence-corrected chi connectivity index (χ1v) is 10.7. The Morgan fingerprint density at radius 2 is 1.55 bits per heavy atom. The molecule has 164 valence electrons. The highest BCUT2D eigenvalue weighted by Crippen LogP contribution is 2.32. The van der Waals surface area contributed by atoms with E-state index in [1.54, 1.807) is 30.9 Å². The average molecular weight is 424 g/mol. The number of rotatable bonds is 7. The number of carbonyl (C=O) groups excluding carboxylic acids is 3. The third-order valence-corrected chi connectivity index (χ3v) is 5.63. The lowest BCUT2D eigenvalue weighted by Crippen LogP contribution is -2.42. The van der Waals surface area contributed by atoms with Crippen LogP contribution in [0.3, 0.4) is 0 Å². The fraction of sp³-hybridized carbons (Fsp3) is 0.400. The zero-order valence-corrected chi connectivity index (χ0v) is 18.1. The van der Waals surface area contributed by atoms with Gasteiger partial charge in [0.2, 0.25) is 0 Å². The first-order valence-electron chi connectivity index (χ1n) is 10.7. The summed E-state index contributed by atoms with van der Waals surface area (Å²) in [5.41, 5.74) is 0.282. The van der Waals surface area contributed by atoms with Crippen LogP contribution in [0.15, 0.2) is 60.7 Å². The normalized spacial score (nSPS) is 16.3. The molecule has 1 aliphatic rings. The van der Waals surface area contributed by atoms with Gasteiger partial charge < -0.3 is 14.4 Å². The Bertz CT molecular complexity index is 891. The topological polar surface area (TPSA) is 72.9 Å². The Hall–Kier alpha value is -3.15. The minimum Gasteiger partial charge on any atom is -0.466 e. The molecule has 1 amide bonds. The highest BCUT2D eigenvalue weighted by atomic mass is 16.6. The number of hydrogen-bond donors (Lipinski definition) is 0. The van der Waals surface area contributed by atoms with Crippen molar-refractivity contribution in [1.29, 1.82) is 0 Å². The number of likely N-dealkylation sites (tertiary alicyclic amines) is 1. The monoisotopic (exact) mass is 423 g/mol. The van der Waals surface area contributed by atoms with Crippen molar-refractivity contribution < 1.29 is 23.9 Å². The Morgan fingerprint density at radius 1 is 0.968 bits per heavy atom. The van der Waals surface area contributed by atoms with E-state index in [9.17, 15) is 14.4 Å². The Kier molecular flexibility index (Phi) is 7.45. The second-order valence-corrected chi connectivity index (χ2v) is 7.93. The molecule has 1 aliphatic heterocycles. The van der Waals surface area contributed by atoms with Crippen molar-refractivity contribution in [3.8, 4) is 0 Å². The second-order valence-electron chi connectivity index (χ2n) is 7.93. The molecule has 2 aromatic carbocycles. The van der Waals surface area contributed by atoms with Crippen LogP contribution < -0.4 is 0 Å². The maximum atomic E-state index is 13.0.